The van der Waals surface area contributed by atoms with Crippen LogP contribution in [0, 0.1) is 10.8 Å². The molecule has 1 aliphatic rings. The van der Waals surface area contributed by atoms with Crippen molar-refractivity contribution in [2.45, 2.75) is 40.5 Å². The van der Waals surface area contributed by atoms with Crippen LogP contribution in [0.5, 0.6) is 0 Å². The molecule has 1 aromatic rings. The van der Waals surface area contributed by atoms with Crippen molar-refractivity contribution < 1.29 is 0 Å². The molecule has 3 heteroatoms. The third kappa shape index (κ3) is 2.66. The van der Waals surface area contributed by atoms with Gasteiger partial charge >= 0.3 is 0 Å². The lowest BCUT2D eigenvalue weighted by Gasteiger charge is -2.39. The molecule has 0 radical (unpaired) electrons. The predicted molar refractivity (Wildman–Crippen MR) is 77.8 cm³/mol. The molecule has 3 nitrogen and oxygen atoms in total. The maximum Gasteiger partial charge on any atom is 0.147 e. The lowest BCUT2D eigenvalue weighted by atomic mass is 9.66. The molecular weight excluding hydrogens is 222 g/mol. The van der Waals surface area contributed by atoms with Crippen molar-refractivity contribution in [2.75, 3.05) is 11.5 Å². The fraction of sp³-hybridized carbons (Fsp3) is 0.533. The largest absolute Gasteiger partial charge is 0.396 e. The Labute approximate surface area is 109 Å². The van der Waals surface area contributed by atoms with Crippen molar-refractivity contribution >= 4 is 17.1 Å². The van der Waals surface area contributed by atoms with Crippen molar-refractivity contribution in [1.82, 2.24) is 4.98 Å². The highest BCUT2D eigenvalue weighted by atomic mass is 14.9. The van der Waals surface area contributed by atoms with Gasteiger partial charge in [0.05, 0.1) is 11.4 Å². The highest BCUT2D eigenvalue weighted by Gasteiger charge is 2.33. The molecule has 1 heterocycles. The van der Waals surface area contributed by atoms with Crippen LogP contribution in [0.4, 0.5) is 11.5 Å². The van der Waals surface area contributed by atoms with Crippen LogP contribution in [0.1, 0.15) is 46.2 Å². The highest BCUT2D eigenvalue weighted by Crippen LogP contribution is 2.47. The van der Waals surface area contributed by atoms with Gasteiger partial charge in [0, 0.05) is 0 Å². The second-order valence-corrected chi connectivity index (χ2v) is 6.85. The molecule has 0 aliphatic heterocycles. The van der Waals surface area contributed by atoms with Gasteiger partial charge in [-0.2, -0.15) is 0 Å². The Hall–Kier alpha value is -1.51. The molecular formula is C15H23N3. The van der Waals surface area contributed by atoms with E-state index in [1.54, 1.807) is 0 Å². The third-order valence-corrected chi connectivity index (χ3v) is 3.45. The van der Waals surface area contributed by atoms with Crippen LogP contribution in [0.15, 0.2) is 18.2 Å². The first-order valence-corrected chi connectivity index (χ1v) is 6.43. The number of hydrogen-bond acceptors (Lipinski definition) is 3. The molecule has 0 fully saturated rings. The van der Waals surface area contributed by atoms with E-state index in [1.807, 2.05) is 12.1 Å². The van der Waals surface area contributed by atoms with Gasteiger partial charge in [-0.25, -0.2) is 4.98 Å². The zero-order valence-electron chi connectivity index (χ0n) is 11.7. The number of aromatic nitrogens is 1. The first-order valence-electron chi connectivity index (χ1n) is 6.43. The minimum Gasteiger partial charge on any atom is -0.396 e. The number of nitrogen functional groups attached to an aromatic ring is 2. The Bertz CT molecular complexity index is 498. The fourth-order valence-corrected chi connectivity index (χ4v) is 3.21. The van der Waals surface area contributed by atoms with E-state index in [-0.39, 0.29) is 5.41 Å². The molecule has 0 unspecified atom stereocenters. The smallest absolute Gasteiger partial charge is 0.147 e. The number of hydrogen-bond donors (Lipinski definition) is 2. The second kappa shape index (κ2) is 4.01. The van der Waals surface area contributed by atoms with Crippen LogP contribution in [-0.2, 0) is 0 Å². The van der Waals surface area contributed by atoms with E-state index in [1.165, 1.54) is 12.0 Å². The Balaban J connectivity index is 2.43. The molecule has 98 valence electrons. The summed E-state index contributed by atoms with van der Waals surface area (Å²) in [6, 6.07) is 3.81. The van der Waals surface area contributed by atoms with Crippen molar-refractivity contribution in [2.24, 2.45) is 10.8 Å². The predicted octanol–water partition coefficient (Wildman–Crippen LogP) is 3.48. The van der Waals surface area contributed by atoms with E-state index >= 15 is 0 Å². The van der Waals surface area contributed by atoms with Gasteiger partial charge in [0.1, 0.15) is 5.82 Å². The van der Waals surface area contributed by atoms with Gasteiger partial charge in [0.15, 0.2) is 0 Å². The lowest BCUT2D eigenvalue weighted by molar-refractivity contribution is 0.228. The average Bonchev–Trinajstić information content (AvgIpc) is 2.17. The third-order valence-electron chi connectivity index (χ3n) is 3.45. The number of nitrogens with zero attached hydrogens (tertiary/aromatic N) is 1. The van der Waals surface area contributed by atoms with Crippen LogP contribution in [0.3, 0.4) is 0 Å². The summed E-state index contributed by atoms with van der Waals surface area (Å²) in [6.07, 6.45) is 4.55. The fourth-order valence-electron chi connectivity index (χ4n) is 3.21. The molecule has 0 atom stereocenters. The van der Waals surface area contributed by atoms with Gasteiger partial charge in [0.2, 0.25) is 0 Å². The van der Waals surface area contributed by atoms with Crippen LogP contribution < -0.4 is 11.5 Å². The maximum atomic E-state index is 5.80. The van der Waals surface area contributed by atoms with Crippen LogP contribution >= 0.6 is 0 Å². The average molecular weight is 245 g/mol. The van der Waals surface area contributed by atoms with E-state index < -0.39 is 0 Å². The quantitative estimate of drug-likeness (QED) is 0.796. The van der Waals surface area contributed by atoms with Gasteiger partial charge in [-0.05, 0) is 41.4 Å². The summed E-state index contributed by atoms with van der Waals surface area (Å²) in [5, 5.41) is 0. The Morgan fingerprint density at radius 2 is 1.78 bits per heavy atom. The molecule has 0 bridgehead atoms. The molecule has 1 aliphatic carbocycles. The molecule has 0 amide bonds. The molecule has 1 aromatic heterocycles. The van der Waals surface area contributed by atoms with Crippen molar-refractivity contribution in [1.29, 1.82) is 0 Å². The summed E-state index contributed by atoms with van der Waals surface area (Å²) in [5.74, 6) is 0.426. The Morgan fingerprint density at radius 1 is 1.11 bits per heavy atom. The molecule has 0 spiro atoms. The molecule has 0 saturated carbocycles. The van der Waals surface area contributed by atoms with Crippen LogP contribution in [-0.4, -0.2) is 4.98 Å². The van der Waals surface area contributed by atoms with E-state index in [2.05, 4.69) is 38.8 Å². The minimum atomic E-state index is 0.203. The number of nitrogens with two attached hydrogens (primary N) is 2. The summed E-state index contributed by atoms with van der Waals surface area (Å²) < 4.78 is 0. The monoisotopic (exact) mass is 245 g/mol. The van der Waals surface area contributed by atoms with E-state index in [4.69, 9.17) is 11.5 Å². The summed E-state index contributed by atoms with van der Waals surface area (Å²) in [7, 11) is 0. The van der Waals surface area contributed by atoms with Gasteiger partial charge in [0.25, 0.3) is 0 Å². The second-order valence-electron chi connectivity index (χ2n) is 6.85. The molecule has 2 rings (SSSR count). The van der Waals surface area contributed by atoms with E-state index in [9.17, 15) is 0 Å². The number of pyridine rings is 1. The van der Waals surface area contributed by atoms with Crippen molar-refractivity contribution in [3.63, 3.8) is 0 Å². The van der Waals surface area contributed by atoms with Gasteiger partial charge < -0.3 is 11.5 Å². The first-order chi connectivity index (χ1) is 8.19. The van der Waals surface area contributed by atoms with Gasteiger partial charge in [-0.15, -0.1) is 0 Å². The summed E-state index contributed by atoms with van der Waals surface area (Å²) in [6.45, 7) is 9.16. The lowest BCUT2D eigenvalue weighted by Crippen LogP contribution is -2.27. The standard InChI is InChI=1S/C15H23N3/c1-14(2)7-10(8-15(3,4)9-14)12-6-5-11(16)13(17)18-12/h5-7H,8-9,16H2,1-4H3,(H2,17,18). The van der Waals surface area contributed by atoms with Gasteiger partial charge in [-0.3, -0.25) is 0 Å². The maximum absolute atomic E-state index is 5.80. The van der Waals surface area contributed by atoms with E-state index in [0.29, 0.717) is 16.9 Å². The Kier molecular flexibility index (Phi) is 2.88. The number of anilines is 2. The summed E-state index contributed by atoms with van der Waals surface area (Å²) in [4.78, 5) is 4.41. The number of allylic oxidation sites excluding steroid dienone is 2. The zero-order chi connectivity index (χ0) is 13.6. The SMILES string of the molecule is CC1(C)C=C(c2ccc(N)c(N)n2)CC(C)(C)C1. The molecule has 0 saturated heterocycles. The molecule has 18 heavy (non-hydrogen) atoms. The van der Waals surface area contributed by atoms with Crippen LogP contribution in [0.25, 0.3) is 5.57 Å². The molecule has 0 aromatic carbocycles. The minimum absolute atomic E-state index is 0.203. The molecule has 4 N–H and O–H groups in total. The highest BCUT2D eigenvalue weighted by molar-refractivity contribution is 5.69. The van der Waals surface area contributed by atoms with Crippen molar-refractivity contribution in [3.05, 3.63) is 23.9 Å². The van der Waals surface area contributed by atoms with E-state index in [0.717, 1.165) is 12.1 Å². The summed E-state index contributed by atoms with van der Waals surface area (Å²) >= 11 is 0. The topological polar surface area (TPSA) is 64.9 Å². The number of rotatable bonds is 1. The van der Waals surface area contributed by atoms with Crippen LogP contribution in [0.2, 0.25) is 0 Å². The van der Waals surface area contributed by atoms with Gasteiger partial charge in [-0.1, -0.05) is 33.8 Å². The zero-order valence-corrected chi connectivity index (χ0v) is 11.7. The first kappa shape index (κ1) is 12.9. The van der Waals surface area contributed by atoms with Crippen molar-refractivity contribution in [3.8, 4) is 0 Å². The Morgan fingerprint density at radius 3 is 2.33 bits per heavy atom. The normalized spacial score (nSPS) is 21.4. The summed E-state index contributed by atoms with van der Waals surface area (Å²) in [5.41, 5.74) is 14.8.